The van der Waals surface area contributed by atoms with Crippen LogP contribution in [0.1, 0.15) is 59.8 Å². The molecule has 1 saturated carbocycles. The van der Waals surface area contributed by atoms with Gasteiger partial charge in [-0.1, -0.05) is 33.8 Å². The molecule has 1 aliphatic carbocycles. The summed E-state index contributed by atoms with van der Waals surface area (Å²) < 4.78 is 0. The Hall–Kier alpha value is -0.300. The highest BCUT2D eigenvalue weighted by Crippen LogP contribution is 2.39. The fourth-order valence-corrected chi connectivity index (χ4v) is 3.31. The zero-order valence-electron chi connectivity index (χ0n) is 12.9. The smallest absolute Gasteiger partial charge is 0.00104 e. The van der Waals surface area contributed by atoms with Gasteiger partial charge in [-0.05, 0) is 62.3 Å². The van der Waals surface area contributed by atoms with E-state index in [-0.39, 0.29) is 0 Å². The molecule has 1 heteroatoms. The Morgan fingerprint density at radius 2 is 1.89 bits per heavy atom. The Labute approximate surface area is 114 Å². The Bertz CT molecular complexity index is 232. The molecule has 18 heavy (non-hydrogen) atoms. The standard InChI is InChI=1S/C17H33N/c1-6-7-8-16-11-15(13(2)3)9-10-17(16)12-18-14(4)5/h6,13-18H,1,7-12H2,2-5H3. The van der Waals surface area contributed by atoms with Crippen molar-refractivity contribution in [3.8, 4) is 0 Å². The van der Waals surface area contributed by atoms with E-state index in [0.29, 0.717) is 6.04 Å². The summed E-state index contributed by atoms with van der Waals surface area (Å²) in [5, 5.41) is 3.64. The van der Waals surface area contributed by atoms with Crippen molar-refractivity contribution in [2.75, 3.05) is 6.54 Å². The van der Waals surface area contributed by atoms with Crippen LogP contribution in [0.5, 0.6) is 0 Å². The molecule has 1 rings (SSSR count). The van der Waals surface area contributed by atoms with E-state index in [2.05, 4.69) is 45.7 Å². The highest BCUT2D eigenvalue weighted by Gasteiger charge is 2.30. The third kappa shape index (κ3) is 5.14. The molecule has 0 aromatic rings. The van der Waals surface area contributed by atoms with Crippen LogP contribution in [0.25, 0.3) is 0 Å². The Balaban J connectivity index is 2.50. The monoisotopic (exact) mass is 251 g/mol. The second-order valence-electron chi connectivity index (χ2n) is 6.77. The molecule has 0 bridgehead atoms. The maximum Gasteiger partial charge on any atom is 0.00104 e. The van der Waals surface area contributed by atoms with Crippen LogP contribution in [0, 0.1) is 23.7 Å². The number of rotatable bonds is 7. The molecule has 106 valence electrons. The Morgan fingerprint density at radius 3 is 2.44 bits per heavy atom. The zero-order valence-corrected chi connectivity index (χ0v) is 12.9. The van der Waals surface area contributed by atoms with Gasteiger partial charge in [-0.15, -0.1) is 6.58 Å². The maximum absolute atomic E-state index is 3.88. The largest absolute Gasteiger partial charge is 0.314 e. The molecule has 1 nitrogen and oxygen atoms in total. The van der Waals surface area contributed by atoms with E-state index >= 15 is 0 Å². The van der Waals surface area contributed by atoms with Gasteiger partial charge in [0.05, 0.1) is 0 Å². The second-order valence-corrected chi connectivity index (χ2v) is 6.77. The Kier molecular flexibility index (Phi) is 6.99. The Morgan fingerprint density at radius 1 is 1.17 bits per heavy atom. The molecule has 0 aliphatic heterocycles. The first-order valence-corrected chi connectivity index (χ1v) is 7.88. The lowest BCUT2D eigenvalue weighted by Gasteiger charge is -2.38. The van der Waals surface area contributed by atoms with Crippen LogP contribution in [0.2, 0.25) is 0 Å². The van der Waals surface area contributed by atoms with E-state index in [0.717, 1.165) is 23.7 Å². The number of allylic oxidation sites excluding steroid dienone is 1. The van der Waals surface area contributed by atoms with Gasteiger partial charge < -0.3 is 5.32 Å². The molecule has 0 heterocycles. The van der Waals surface area contributed by atoms with Crippen LogP contribution in [-0.2, 0) is 0 Å². The lowest BCUT2D eigenvalue weighted by molar-refractivity contribution is 0.137. The first-order valence-electron chi connectivity index (χ1n) is 7.88. The van der Waals surface area contributed by atoms with E-state index in [1.165, 1.54) is 38.6 Å². The zero-order chi connectivity index (χ0) is 13.5. The van der Waals surface area contributed by atoms with Gasteiger partial charge in [0.15, 0.2) is 0 Å². The summed E-state index contributed by atoms with van der Waals surface area (Å²) in [6, 6.07) is 0.618. The molecule has 0 saturated heterocycles. The molecule has 3 unspecified atom stereocenters. The number of hydrogen-bond donors (Lipinski definition) is 1. The average molecular weight is 251 g/mol. The third-order valence-electron chi connectivity index (χ3n) is 4.65. The minimum atomic E-state index is 0.618. The van der Waals surface area contributed by atoms with Gasteiger partial charge in [0.25, 0.3) is 0 Å². The van der Waals surface area contributed by atoms with Gasteiger partial charge in [0.2, 0.25) is 0 Å². The van der Waals surface area contributed by atoms with Gasteiger partial charge in [0, 0.05) is 6.04 Å². The fourth-order valence-electron chi connectivity index (χ4n) is 3.31. The van der Waals surface area contributed by atoms with E-state index in [4.69, 9.17) is 0 Å². The van der Waals surface area contributed by atoms with Crippen LogP contribution >= 0.6 is 0 Å². The summed E-state index contributed by atoms with van der Waals surface area (Å²) in [6.45, 7) is 14.4. The van der Waals surface area contributed by atoms with Crippen molar-refractivity contribution in [3.63, 3.8) is 0 Å². The normalized spacial score (nSPS) is 28.9. The molecule has 1 aliphatic rings. The molecular weight excluding hydrogens is 218 g/mol. The molecular formula is C17H33N. The van der Waals surface area contributed by atoms with Crippen molar-refractivity contribution in [2.45, 2.75) is 65.8 Å². The predicted molar refractivity (Wildman–Crippen MR) is 81.7 cm³/mol. The van der Waals surface area contributed by atoms with Gasteiger partial charge in [-0.2, -0.15) is 0 Å². The van der Waals surface area contributed by atoms with Gasteiger partial charge in [0.1, 0.15) is 0 Å². The maximum atomic E-state index is 3.88. The summed E-state index contributed by atoms with van der Waals surface area (Å²) in [5.41, 5.74) is 0. The molecule has 0 aromatic heterocycles. The van der Waals surface area contributed by atoms with Gasteiger partial charge in [-0.3, -0.25) is 0 Å². The van der Waals surface area contributed by atoms with Crippen LogP contribution < -0.4 is 5.32 Å². The topological polar surface area (TPSA) is 12.0 Å². The second kappa shape index (κ2) is 7.99. The summed E-state index contributed by atoms with van der Waals surface area (Å²) >= 11 is 0. The van der Waals surface area contributed by atoms with E-state index in [9.17, 15) is 0 Å². The van der Waals surface area contributed by atoms with Crippen molar-refractivity contribution in [2.24, 2.45) is 23.7 Å². The SMILES string of the molecule is C=CCCC1CC(C(C)C)CCC1CNC(C)C. The molecule has 0 aromatic carbocycles. The van der Waals surface area contributed by atoms with E-state index in [1.807, 2.05) is 0 Å². The van der Waals surface area contributed by atoms with Crippen LogP contribution in [0.4, 0.5) is 0 Å². The highest BCUT2D eigenvalue weighted by molar-refractivity contribution is 4.84. The molecule has 0 amide bonds. The minimum Gasteiger partial charge on any atom is -0.314 e. The van der Waals surface area contributed by atoms with Crippen molar-refractivity contribution >= 4 is 0 Å². The fraction of sp³-hybridized carbons (Fsp3) is 0.882. The predicted octanol–water partition coefficient (Wildman–Crippen LogP) is 4.64. The van der Waals surface area contributed by atoms with Crippen LogP contribution in [0.3, 0.4) is 0 Å². The number of nitrogens with one attached hydrogen (secondary N) is 1. The van der Waals surface area contributed by atoms with Crippen molar-refractivity contribution < 1.29 is 0 Å². The summed E-state index contributed by atoms with van der Waals surface area (Å²) in [5.74, 6) is 3.61. The molecule has 0 radical (unpaired) electrons. The van der Waals surface area contributed by atoms with Crippen molar-refractivity contribution in [1.29, 1.82) is 0 Å². The molecule has 1 fully saturated rings. The van der Waals surface area contributed by atoms with Gasteiger partial charge in [-0.25, -0.2) is 0 Å². The van der Waals surface area contributed by atoms with E-state index in [1.54, 1.807) is 0 Å². The highest BCUT2D eigenvalue weighted by atomic mass is 14.9. The molecule has 1 N–H and O–H groups in total. The third-order valence-corrected chi connectivity index (χ3v) is 4.65. The summed E-state index contributed by atoms with van der Waals surface area (Å²) in [7, 11) is 0. The summed E-state index contributed by atoms with van der Waals surface area (Å²) in [6.07, 6.45) is 8.92. The van der Waals surface area contributed by atoms with Gasteiger partial charge >= 0.3 is 0 Å². The van der Waals surface area contributed by atoms with Crippen LogP contribution in [0.15, 0.2) is 12.7 Å². The van der Waals surface area contributed by atoms with Crippen LogP contribution in [-0.4, -0.2) is 12.6 Å². The first kappa shape index (κ1) is 15.8. The minimum absolute atomic E-state index is 0.618. The lowest BCUT2D eigenvalue weighted by atomic mass is 9.69. The van der Waals surface area contributed by atoms with Crippen molar-refractivity contribution in [1.82, 2.24) is 5.32 Å². The first-order chi connectivity index (χ1) is 8.54. The number of hydrogen-bond acceptors (Lipinski definition) is 1. The lowest BCUT2D eigenvalue weighted by Crippen LogP contribution is -2.36. The van der Waals surface area contributed by atoms with Crippen molar-refractivity contribution in [3.05, 3.63) is 12.7 Å². The van der Waals surface area contributed by atoms with E-state index < -0.39 is 0 Å². The quantitative estimate of drug-likeness (QED) is 0.650. The summed E-state index contributed by atoms with van der Waals surface area (Å²) in [4.78, 5) is 0. The average Bonchev–Trinajstić information content (AvgIpc) is 2.33. The molecule has 3 atom stereocenters. The molecule has 0 spiro atoms.